The van der Waals surface area contributed by atoms with Crippen molar-refractivity contribution in [3.05, 3.63) is 65.5 Å². The van der Waals surface area contributed by atoms with E-state index in [2.05, 4.69) is 5.32 Å². The van der Waals surface area contributed by atoms with Crippen molar-refractivity contribution < 1.29 is 23.5 Å². The highest BCUT2D eigenvalue weighted by Crippen LogP contribution is 2.18. The Balaban J connectivity index is 1.86. The van der Waals surface area contributed by atoms with E-state index >= 15 is 0 Å². The summed E-state index contributed by atoms with van der Waals surface area (Å²) < 4.78 is 22.8. The summed E-state index contributed by atoms with van der Waals surface area (Å²) in [6, 6.07) is 11.9. The van der Waals surface area contributed by atoms with Crippen LogP contribution in [0.4, 0.5) is 4.39 Å². The maximum Gasteiger partial charge on any atom is 0.338 e. The predicted molar refractivity (Wildman–Crippen MR) is 86.2 cm³/mol. The smallest absolute Gasteiger partial charge is 0.338 e. The van der Waals surface area contributed by atoms with Gasteiger partial charge in [0.15, 0.2) is 6.61 Å². The highest BCUT2D eigenvalue weighted by molar-refractivity contribution is 5.91. The summed E-state index contributed by atoms with van der Waals surface area (Å²) >= 11 is 0. The number of nitrogens with one attached hydrogen (secondary N) is 1. The standard InChI is InChI=1S/C18H18FNO4/c1-12(14-4-3-5-16(10-14)23-2)20-17(21)11-24-18(22)13-6-8-15(19)9-7-13/h3-10,12H,11H2,1-2H3,(H,20,21)/t12-/m0/s1. The third-order valence-corrected chi connectivity index (χ3v) is 3.39. The average molecular weight is 331 g/mol. The molecule has 126 valence electrons. The van der Waals surface area contributed by atoms with Gasteiger partial charge in [0.25, 0.3) is 5.91 Å². The van der Waals surface area contributed by atoms with Gasteiger partial charge in [0.2, 0.25) is 0 Å². The topological polar surface area (TPSA) is 64.6 Å². The molecular formula is C18H18FNO4. The van der Waals surface area contributed by atoms with Crippen LogP contribution in [0.15, 0.2) is 48.5 Å². The molecule has 0 aliphatic heterocycles. The van der Waals surface area contributed by atoms with Crippen molar-refractivity contribution in [2.24, 2.45) is 0 Å². The zero-order valence-electron chi connectivity index (χ0n) is 13.4. The molecule has 0 aromatic heterocycles. The second-order valence-corrected chi connectivity index (χ2v) is 5.15. The first-order valence-electron chi connectivity index (χ1n) is 7.35. The van der Waals surface area contributed by atoms with Crippen LogP contribution in [-0.4, -0.2) is 25.6 Å². The van der Waals surface area contributed by atoms with Crippen LogP contribution in [0.2, 0.25) is 0 Å². The van der Waals surface area contributed by atoms with Crippen LogP contribution < -0.4 is 10.1 Å². The highest BCUT2D eigenvalue weighted by Gasteiger charge is 2.13. The number of esters is 1. The summed E-state index contributed by atoms with van der Waals surface area (Å²) in [6.45, 7) is 1.40. The number of hydrogen-bond donors (Lipinski definition) is 1. The van der Waals surface area contributed by atoms with E-state index in [-0.39, 0.29) is 11.6 Å². The number of methoxy groups -OCH3 is 1. The quantitative estimate of drug-likeness (QED) is 0.827. The van der Waals surface area contributed by atoms with E-state index in [1.165, 1.54) is 12.1 Å². The van der Waals surface area contributed by atoms with Crippen molar-refractivity contribution in [2.75, 3.05) is 13.7 Å². The van der Waals surface area contributed by atoms with E-state index < -0.39 is 24.3 Å². The van der Waals surface area contributed by atoms with Crippen LogP contribution in [-0.2, 0) is 9.53 Å². The molecule has 2 aromatic rings. The molecule has 0 radical (unpaired) electrons. The summed E-state index contributed by atoms with van der Waals surface area (Å²) in [5.41, 5.74) is 1.05. The molecule has 0 spiro atoms. The molecule has 1 N–H and O–H groups in total. The molecule has 0 fully saturated rings. The molecule has 0 aliphatic rings. The fourth-order valence-electron chi connectivity index (χ4n) is 2.08. The Bertz CT molecular complexity index is 715. The normalized spacial score (nSPS) is 11.5. The van der Waals surface area contributed by atoms with Gasteiger partial charge in [-0.25, -0.2) is 9.18 Å². The van der Waals surface area contributed by atoms with Crippen LogP contribution in [0, 0.1) is 5.82 Å². The molecule has 0 saturated heterocycles. The van der Waals surface area contributed by atoms with Crippen molar-refractivity contribution in [2.45, 2.75) is 13.0 Å². The first-order valence-corrected chi connectivity index (χ1v) is 7.35. The lowest BCUT2D eigenvalue weighted by Crippen LogP contribution is -2.31. The van der Waals surface area contributed by atoms with Gasteiger partial charge in [0, 0.05) is 0 Å². The van der Waals surface area contributed by atoms with Gasteiger partial charge in [0.1, 0.15) is 11.6 Å². The molecular weight excluding hydrogens is 313 g/mol. The Morgan fingerprint density at radius 3 is 2.54 bits per heavy atom. The zero-order chi connectivity index (χ0) is 17.5. The number of halogens is 1. The molecule has 5 nitrogen and oxygen atoms in total. The Morgan fingerprint density at radius 2 is 1.88 bits per heavy atom. The minimum absolute atomic E-state index is 0.185. The summed E-state index contributed by atoms with van der Waals surface area (Å²) in [4.78, 5) is 23.7. The van der Waals surface area contributed by atoms with Gasteiger partial charge in [-0.05, 0) is 48.9 Å². The second-order valence-electron chi connectivity index (χ2n) is 5.15. The molecule has 1 amide bonds. The van der Waals surface area contributed by atoms with E-state index in [1.54, 1.807) is 7.11 Å². The van der Waals surface area contributed by atoms with Gasteiger partial charge < -0.3 is 14.8 Å². The number of ether oxygens (including phenoxy) is 2. The van der Waals surface area contributed by atoms with E-state index in [9.17, 15) is 14.0 Å². The maximum absolute atomic E-state index is 12.8. The minimum Gasteiger partial charge on any atom is -0.497 e. The zero-order valence-corrected chi connectivity index (χ0v) is 13.4. The van der Waals surface area contributed by atoms with Crippen LogP contribution in [0.25, 0.3) is 0 Å². The summed E-state index contributed by atoms with van der Waals surface area (Å²) in [5.74, 6) is -0.868. The first-order chi connectivity index (χ1) is 11.5. The maximum atomic E-state index is 12.8. The Morgan fingerprint density at radius 1 is 1.17 bits per heavy atom. The molecule has 0 unspecified atom stereocenters. The largest absolute Gasteiger partial charge is 0.497 e. The highest BCUT2D eigenvalue weighted by atomic mass is 19.1. The monoisotopic (exact) mass is 331 g/mol. The van der Waals surface area contributed by atoms with Gasteiger partial charge in [-0.15, -0.1) is 0 Å². The summed E-state index contributed by atoms with van der Waals surface area (Å²) in [5, 5.41) is 2.73. The molecule has 0 saturated carbocycles. The molecule has 6 heteroatoms. The van der Waals surface area contributed by atoms with Gasteiger partial charge in [0.05, 0.1) is 18.7 Å². The van der Waals surface area contributed by atoms with Crippen molar-refractivity contribution >= 4 is 11.9 Å². The molecule has 0 aliphatic carbocycles. The lowest BCUT2D eigenvalue weighted by molar-refractivity contribution is -0.124. The first kappa shape index (κ1) is 17.5. The number of carbonyl (C=O) groups excluding carboxylic acids is 2. The molecule has 0 heterocycles. The fourth-order valence-corrected chi connectivity index (χ4v) is 2.08. The lowest BCUT2D eigenvalue weighted by atomic mass is 10.1. The van der Waals surface area contributed by atoms with Gasteiger partial charge in [-0.1, -0.05) is 12.1 Å². The van der Waals surface area contributed by atoms with E-state index in [4.69, 9.17) is 9.47 Å². The van der Waals surface area contributed by atoms with Gasteiger partial charge >= 0.3 is 5.97 Å². The van der Waals surface area contributed by atoms with E-state index in [0.29, 0.717) is 5.75 Å². The van der Waals surface area contributed by atoms with Crippen LogP contribution in [0.3, 0.4) is 0 Å². The summed E-state index contributed by atoms with van der Waals surface area (Å²) in [6.07, 6.45) is 0. The van der Waals surface area contributed by atoms with Crippen molar-refractivity contribution in [3.63, 3.8) is 0 Å². The predicted octanol–water partition coefficient (Wildman–Crippen LogP) is 2.87. The Hall–Kier alpha value is -2.89. The van der Waals surface area contributed by atoms with Crippen LogP contribution >= 0.6 is 0 Å². The van der Waals surface area contributed by atoms with Crippen LogP contribution in [0.5, 0.6) is 5.75 Å². The Kier molecular flexibility index (Phi) is 5.89. The van der Waals surface area contributed by atoms with Crippen molar-refractivity contribution in [3.8, 4) is 5.75 Å². The number of amides is 1. The number of carbonyl (C=O) groups is 2. The molecule has 1 atom stereocenters. The van der Waals surface area contributed by atoms with Gasteiger partial charge in [-0.2, -0.15) is 0 Å². The van der Waals surface area contributed by atoms with Gasteiger partial charge in [-0.3, -0.25) is 4.79 Å². The molecule has 2 rings (SSSR count). The lowest BCUT2D eigenvalue weighted by Gasteiger charge is -2.15. The minimum atomic E-state index is -0.681. The SMILES string of the molecule is COc1cccc([C@H](C)NC(=O)COC(=O)c2ccc(F)cc2)c1. The third kappa shape index (κ3) is 4.81. The fraction of sp³-hybridized carbons (Fsp3) is 0.222. The molecule has 2 aromatic carbocycles. The summed E-state index contributed by atoms with van der Waals surface area (Å²) in [7, 11) is 1.57. The average Bonchev–Trinajstić information content (AvgIpc) is 2.60. The Labute approximate surface area is 139 Å². The van der Waals surface area contributed by atoms with Crippen molar-refractivity contribution in [1.29, 1.82) is 0 Å². The molecule has 0 bridgehead atoms. The number of rotatable bonds is 6. The number of benzene rings is 2. The number of hydrogen-bond acceptors (Lipinski definition) is 4. The molecule has 24 heavy (non-hydrogen) atoms. The second kappa shape index (κ2) is 8.10. The van der Waals surface area contributed by atoms with E-state index in [1.807, 2.05) is 31.2 Å². The van der Waals surface area contributed by atoms with Crippen LogP contribution in [0.1, 0.15) is 28.9 Å². The van der Waals surface area contributed by atoms with E-state index in [0.717, 1.165) is 17.7 Å². The third-order valence-electron chi connectivity index (χ3n) is 3.39. The van der Waals surface area contributed by atoms with Crippen molar-refractivity contribution in [1.82, 2.24) is 5.32 Å².